The summed E-state index contributed by atoms with van der Waals surface area (Å²) in [5.41, 5.74) is -3.26. The van der Waals surface area contributed by atoms with E-state index in [4.69, 9.17) is 11.6 Å². The maximum Gasteiger partial charge on any atom is 0.352 e. The van der Waals surface area contributed by atoms with Crippen LogP contribution >= 0.6 is 11.6 Å². The largest absolute Gasteiger partial charge is 0.389 e. The van der Waals surface area contributed by atoms with Crippen molar-refractivity contribution in [2.24, 2.45) is 0 Å². The SMILES string of the molecule is CC(C)(O)Cn1c(=O)cnn(-c2ccc(Cl)c(C(=O)NCC3(O)CCCCCC3)c2)c1=O. The highest BCUT2D eigenvalue weighted by Gasteiger charge is 2.29. The lowest BCUT2D eigenvalue weighted by molar-refractivity contribution is 0.0246. The summed E-state index contributed by atoms with van der Waals surface area (Å²) in [6.45, 7) is 2.86. The molecule has 1 saturated carbocycles. The van der Waals surface area contributed by atoms with Crippen molar-refractivity contribution in [2.45, 2.75) is 70.1 Å². The van der Waals surface area contributed by atoms with Crippen LogP contribution in [0.5, 0.6) is 0 Å². The molecule has 9 nitrogen and oxygen atoms in total. The standard InChI is InChI=1S/C22H29ClN4O5/c1-21(2,31)14-26-18(28)12-25-27(20(26)30)15-7-8-17(23)16(11-15)19(29)24-13-22(32)9-5-3-4-6-10-22/h7-8,11-12,31-32H,3-6,9-10,13-14H2,1-2H3,(H,24,29). The zero-order valence-corrected chi connectivity index (χ0v) is 19.1. The Labute approximate surface area is 190 Å². The van der Waals surface area contributed by atoms with Crippen LogP contribution in [0.15, 0.2) is 34.0 Å². The third-order valence-corrected chi connectivity index (χ3v) is 5.89. The van der Waals surface area contributed by atoms with Crippen LogP contribution in [0.2, 0.25) is 5.02 Å². The molecular weight excluding hydrogens is 436 g/mol. The highest BCUT2D eigenvalue weighted by atomic mass is 35.5. The highest BCUT2D eigenvalue weighted by Crippen LogP contribution is 2.27. The Hall–Kier alpha value is -2.49. The van der Waals surface area contributed by atoms with Crippen LogP contribution in [0.4, 0.5) is 0 Å². The van der Waals surface area contributed by atoms with Crippen LogP contribution in [-0.2, 0) is 6.54 Å². The number of nitrogens with zero attached hydrogens (tertiary/aromatic N) is 3. The molecule has 0 aliphatic heterocycles. The van der Waals surface area contributed by atoms with Gasteiger partial charge >= 0.3 is 5.69 Å². The monoisotopic (exact) mass is 464 g/mol. The number of amides is 1. The van der Waals surface area contributed by atoms with Gasteiger partial charge in [-0.2, -0.15) is 9.78 Å². The van der Waals surface area contributed by atoms with Gasteiger partial charge in [-0.05, 0) is 44.9 Å². The number of aromatic nitrogens is 3. The summed E-state index contributed by atoms with van der Waals surface area (Å²) in [4.78, 5) is 37.7. The number of hydrogen-bond acceptors (Lipinski definition) is 6. The van der Waals surface area contributed by atoms with Crippen LogP contribution < -0.4 is 16.6 Å². The highest BCUT2D eigenvalue weighted by molar-refractivity contribution is 6.33. The van der Waals surface area contributed by atoms with Gasteiger partial charge in [0.05, 0.1) is 34.0 Å². The first-order valence-corrected chi connectivity index (χ1v) is 11.1. The molecule has 0 unspecified atom stereocenters. The lowest BCUT2D eigenvalue weighted by atomic mass is 9.94. The fraction of sp³-hybridized carbons (Fsp3) is 0.545. The first-order valence-electron chi connectivity index (χ1n) is 10.7. The average molecular weight is 465 g/mol. The van der Waals surface area contributed by atoms with E-state index in [1.165, 1.54) is 32.0 Å². The molecule has 0 atom stereocenters. The molecule has 0 bridgehead atoms. The Morgan fingerprint density at radius 1 is 1.22 bits per heavy atom. The summed E-state index contributed by atoms with van der Waals surface area (Å²) in [5, 5.41) is 27.6. The minimum absolute atomic E-state index is 0.112. The molecule has 1 amide bonds. The van der Waals surface area contributed by atoms with Gasteiger partial charge in [-0.3, -0.25) is 14.2 Å². The Balaban J connectivity index is 1.87. The first-order chi connectivity index (χ1) is 15.0. The topological polar surface area (TPSA) is 126 Å². The van der Waals surface area contributed by atoms with Gasteiger partial charge in [0.15, 0.2) is 0 Å². The molecular formula is C22H29ClN4O5. The molecule has 174 valence electrons. The summed E-state index contributed by atoms with van der Waals surface area (Å²) in [5.74, 6) is -0.479. The van der Waals surface area contributed by atoms with Gasteiger partial charge in [-0.1, -0.05) is 37.3 Å². The number of nitrogens with one attached hydrogen (secondary N) is 1. The van der Waals surface area contributed by atoms with E-state index in [0.29, 0.717) is 12.8 Å². The van der Waals surface area contributed by atoms with E-state index in [1.54, 1.807) is 0 Å². The van der Waals surface area contributed by atoms with Crippen molar-refractivity contribution >= 4 is 17.5 Å². The molecule has 0 radical (unpaired) electrons. The maximum absolute atomic E-state index is 12.8. The Kier molecular flexibility index (Phi) is 7.22. The molecule has 0 spiro atoms. The van der Waals surface area contributed by atoms with Gasteiger partial charge in [0.25, 0.3) is 11.5 Å². The zero-order valence-electron chi connectivity index (χ0n) is 18.3. The van der Waals surface area contributed by atoms with Crippen molar-refractivity contribution < 1.29 is 15.0 Å². The van der Waals surface area contributed by atoms with Gasteiger partial charge in [0, 0.05) is 6.54 Å². The summed E-state index contributed by atoms with van der Waals surface area (Å²) >= 11 is 6.22. The second kappa shape index (κ2) is 9.56. The van der Waals surface area contributed by atoms with Crippen molar-refractivity contribution in [3.8, 4) is 5.69 Å². The predicted molar refractivity (Wildman–Crippen MR) is 120 cm³/mol. The number of carbonyl (C=O) groups is 1. The van der Waals surface area contributed by atoms with E-state index in [2.05, 4.69) is 10.4 Å². The van der Waals surface area contributed by atoms with Crippen molar-refractivity contribution in [3.63, 3.8) is 0 Å². The quantitative estimate of drug-likeness (QED) is 0.558. The van der Waals surface area contributed by atoms with Crippen molar-refractivity contribution in [1.82, 2.24) is 19.7 Å². The van der Waals surface area contributed by atoms with E-state index < -0.39 is 28.4 Å². The van der Waals surface area contributed by atoms with Crippen molar-refractivity contribution in [1.29, 1.82) is 0 Å². The Morgan fingerprint density at radius 2 is 1.88 bits per heavy atom. The Morgan fingerprint density at radius 3 is 2.50 bits per heavy atom. The Bertz CT molecular complexity index is 1090. The van der Waals surface area contributed by atoms with Crippen molar-refractivity contribution in [2.75, 3.05) is 6.54 Å². The minimum atomic E-state index is -1.29. The van der Waals surface area contributed by atoms with E-state index >= 15 is 0 Å². The molecule has 3 N–H and O–H groups in total. The fourth-order valence-electron chi connectivity index (χ4n) is 3.87. The van der Waals surface area contributed by atoms with Crippen LogP contribution in [0.25, 0.3) is 5.69 Å². The molecule has 1 fully saturated rings. The number of halogens is 1. The van der Waals surface area contributed by atoms with Gasteiger partial charge in [-0.25, -0.2) is 4.79 Å². The lowest BCUT2D eigenvalue weighted by Crippen LogP contribution is -2.45. The summed E-state index contributed by atoms with van der Waals surface area (Å²) in [7, 11) is 0. The molecule has 32 heavy (non-hydrogen) atoms. The smallest absolute Gasteiger partial charge is 0.352 e. The second-order valence-corrected chi connectivity index (χ2v) is 9.47. The molecule has 1 aromatic carbocycles. The number of aliphatic hydroxyl groups is 2. The first kappa shape index (κ1) is 24.2. The molecule has 10 heteroatoms. The van der Waals surface area contributed by atoms with Crippen LogP contribution in [-0.4, -0.2) is 48.2 Å². The van der Waals surface area contributed by atoms with Gasteiger partial charge in [-0.15, -0.1) is 0 Å². The summed E-state index contributed by atoms with van der Waals surface area (Å²) < 4.78 is 1.85. The van der Waals surface area contributed by atoms with Crippen LogP contribution in [0.1, 0.15) is 62.7 Å². The number of hydrogen-bond donors (Lipinski definition) is 3. The predicted octanol–water partition coefficient (Wildman–Crippen LogP) is 1.63. The summed E-state index contributed by atoms with van der Waals surface area (Å²) in [6.07, 6.45) is 6.20. The minimum Gasteiger partial charge on any atom is -0.389 e. The summed E-state index contributed by atoms with van der Waals surface area (Å²) in [6, 6.07) is 4.37. The third kappa shape index (κ3) is 5.85. The van der Waals surface area contributed by atoms with Crippen LogP contribution in [0, 0.1) is 0 Å². The van der Waals surface area contributed by atoms with E-state index in [-0.39, 0.29) is 29.4 Å². The normalized spacial score (nSPS) is 16.4. The number of rotatable bonds is 6. The second-order valence-electron chi connectivity index (χ2n) is 9.06. The maximum atomic E-state index is 12.8. The van der Waals surface area contributed by atoms with Crippen LogP contribution in [0.3, 0.4) is 0 Å². The van der Waals surface area contributed by atoms with Gasteiger partial charge in [0.2, 0.25) is 0 Å². The molecule has 1 heterocycles. The molecule has 3 rings (SSSR count). The van der Waals surface area contributed by atoms with E-state index in [0.717, 1.165) is 41.1 Å². The lowest BCUT2D eigenvalue weighted by Gasteiger charge is -2.27. The van der Waals surface area contributed by atoms with Crippen molar-refractivity contribution in [3.05, 3.63) is 55.8 Å². The molecule has 2 aromatic rings. The number of carbonyl (C=O) groups excluding carboxylic acids is 1. The van der Waals surface area contributed by atoms with Gasteiger partial charge < -0.3 is 15.5 Å². The fourth-order valence-corrected chi connectivity index (χ4v) is 4.07. The molecule has 1 aliphatic rings. The molecule has 0 saturated heterocycles. The van der Waals surface area contributed by atoms with Gasteiger partial charge in [0.1, 0.15) is 6.20 Å². The average Bonchev–Trinajstić information content (AvgIpc) is 2.94. The zero-order chi connectivity index (χ0) is 23.5. The molecule has 1 aliphatic carbocycles. The van der Waals surface area contributed by atoms with E-state index in [9.17, 15) is 24.6 Å². The molecule has 1 aromatic heterocycles. The third-order valence-electron chi connectivity index (χ3n) is 5.56. The van der Waals surface area contributed by atoms with E-state index in [1.807, 2.05) is 0 Å². The number of benzene rings is 1.